The van der Waals surface area contributed by atoms with Crippen molar-refractivity contribution in [1.82, 2.24) is 19.7 Å². The molecule has 0 aromatic carbocycles. The number of hydrogen-bond donors (Lipinski definition) is 1. The van der Waals surface area contributed by atoms with E-state index in [1.807, 2.05) is 40.2 Å². The minimum absolute atomic E-state index is 0.0847. The fourth-order valence-electron chi connectivity index (χ4n) is 4.48. The van der Waals surface area contributed by atoms with Gasteiger partial charge in [-0.2, -0.15) is 5.10 Å². The van der Waals surface area contributed by atoms with E-state index in [1.54, 1.807) is 6.20 Å². The van der Waals surface area contributed by atoms with Crippen LogP contribution in [0.15, 0.2) is 36.8 Å². The number of rotatable bonds is 6. The maximum atomic E-state index is 12.9. The third-order valence-corrected chi connectivity index (χ3v) is 6.32. The van der Waals surface area contributed by atoms with E-state index in [9.17, 15) is 9.90 Å². The third kappa shape index (κ3) is 4.96. The van der Waals surface area contributed by atoms with E-state index in [1.165, 1.54) is 0 Å². The van der Waals surface area contributed by atoms with E-state index in [2.05, 4.69) is 15.0 Å². The molecule has 4 heterocycles. The van der Waals surface area contributed by atoms with Gasteiger partial charge in [-0.05, 0) is 62.1 Å². The normalized spacial score (nSPS) is 20.8. The van der Waals surface area contributed by atoms with Crippen molar-refractivity contribution in [2.45, 2.75) is 38.6 Å². The average Bonchev–Trinajstić information content (AvgIpc) is 3.31. The van der Waals surface area contributed by atoms with E-state index >= 15 is 0 Å². The summed E-state index contributed by atoms with van der Waals surface area (Å²) in [5.41, 5.74) is 0.666. The topological polar surface area (TPSA) is 74.5 Å². The molecule has 0 saturated carbocycles. The molecule has 2 aliphatic heterocycles. The number of aliphatic hydroxyl groups is 1. The van der Waals surface area contributed by atoms with Crippen molar-refractivity contribution in [2.75, 3.05) is 37.7 Å². The second kappa shape index (κ2) is 9.39. The highest BCUT2D eigenvalue weighted by atomic mass is 16.3. The van der Waals surface area contributed by atoms with Gasteiger partial charge in [-0.1, -0.05) is 0 Å². The van der Waals surface area contributed by atoms with Gasteiger partial charge in [-0.25, -0.2) is 4.98 Å². The lowest BCUT2D eigenvalue weighted by Crippen LogP contribution is -2.39. The van der Waals surface area contributed by atoms with Gasteiger partial charge in [0.1, 0.15) is 5.82 Å². The van der Waals surface area contributed by atoms with Gasteiger partial charge in [0.25, 0.3) is 5.91 Å². The second-order valence-electron chi connectivity index (χ2n) is 8.34. The van der Waals surface area contributed by atoms with Gasteiger partial charge in [-0.3, -0.25) is 9.48 Å². The molecular formula is C22H31N5O2. The summed E-state index contributed by atoms with van der Waals surface area (Å²) < 4.78 is 1.98. The van der Waals surface area contributed by atoms with E-state index in [0.29, 0.717) is 17.4 Å². The number of hydrogen-bond acceptors (Lipinski definition) is 5. The molecule has 0 spiro atoms. The number of anilines is 1. The Hall–Kier alpha value is -2.41. The SMILES string of the molecule is O=C(c1ccc(N2CCC[C@H](CO)C2)nc1)N1CCC(CCn2cccn2)CC1. The zero-order valence-corrected chi connectivity index (χ0v) is 17.0. The van der Waals surface area contributed by atoms with Crippen LogP contribution in [0, 0.1) is 11.8 Å². The Bertz CT molecular complexity index is 769. The second-order valence-corrected chi connectivity index (χ2v) is 8.34. The first-order valence-electron chi connectivity index (χ1n) is 10.8. The van der Waals surface area contributed by atoms with Gasteiger partial charge >= 0.3 is 0 Å². The first-order chi connectivity index (χ1) is 14.2. The van der Waals surface area contributed by atoms with Gasteiger partial charge in [0.05, 0.1) is 5.56 Å². The maximum absolute atomic E-state index is 12.9. The van der Waals surface area contributed by atoms with Crippen molar-refractivity contribution in [2.24, 2.45) is 11.8 Å². The molecule has 2 fully saturated rings. The number of piperidine rings is 2. The van der Waals surface area contributed by atoms with Crippen LogP contribution in [0.1, 0.15) is 42.5 Å². The van der Waals surface area contributed by atoms with Gasteiger partial charge in [0.15, 0.2) is 0 Å². The van der Waals surface area contributed by atoms with Gasteiger partial charge in [0, 0.05) is 57.9 Å². The van der Waals surface area contributed by atoms with Crippen LogP contribution in [-0.2, 0) is 6.54 Å². The third-order valence-electron chi connectivity index (χ3n) is 6.32. The first-order valence-corrected chi connectivity index (χ1v) is 10.8. The highest BCUT2D eigenvalue weighted by molar-refractivity contribution is 5.94. The molecule has 0 aliphatic carbocycles. The number of pyridine rings is 1. The number of aromatic nitrogens is 3. The molecular weight excluding hydrogens is 366 g/mol. The van der Waals surface area contributed by atoms with Crippen molar-refractivity contribution in [3.05, 3.63) is 42.4 Å². The number of nitrogens with zero attached hydrogens (tertiary/aromatic N) is 5. The predicted octanol–water partition coefficient (Wildman–Crippen LogP) is 2.43. The largest absolute Gasteiger partial charge is 0.396 e. The zero-order valence-electron chi connectivity index (χ0n) is 17.0. The average molecular weight is 398 g/mol. The summed E-state index contributed by atoms with van der Waals surface area (Å²) in [7, 11) is 0. The van der Waals surface area contributed by atoms with Crippen LogP contribution in [0.5, 0.6) is 0 Å². The predicted molar refractivity (Wildman–Crippen MR) is 112 cm³/mol. The summed E-state index contributed by atoms with van der Waals surface area (Å²) in [5, 5.41) is 13.7. The van der Waals surface area contributed by atoms with Crippen LogP contribution in [-0.4, -0.2) is 63.5 Å². The molecule has 2 saturated heterocycles. The van der Waals surface area contributed by atoms with Crippen molar-refractivity contribution >= 4 is 11.7 Å². The lowest BCUT2D eigenvalue weighted by Gasteiger charge is -2.33. The highest BCUT2D eigenvalue weighted by Gasteiger charge is 2.25. The molecule has 0 bridgehead atoms. The lowest BCUT2D eigenvalue weighted by atomic mass is 9.93. The summed E-state index contributed by atoms with van der Waals surface area (Å²) in [4.78, 5) is 21.6. The van der Waals surface area contributed by atoms with Crippen LogP contribution < -0.4 is 4.90 Å². The van der Waals surface area contributed by atoms with Crippen molar-refractivity contribution in [1.29, 1.82) is 0 Å². The number of carbonyl (C=O) groups excluding carboxylic acids is 1. The Balaban J connectivity index is 1.27. The van der Waals surface area contributed by atoms with Gasteiger partial charge < -0.3 is 14.9 Å². The molecule has 1 atom stereocenters. The van der Waals surface area contributed by atoms with Crippen molar-refractivity contribution < 1.29 is 9.90 Å². The van der Waals surface area contributed by atoms with Crippen molar-refractivity contribution in [3.8, 4) is 0 Å². The number of aliphatic hydroxyl groups excluding tert-OH is 1. The molecule has 4 rings (SSSR count). The van der Waals surface area contributed by atoms with Gasteiger partial charge in [0.2, 0.25) is 0 Å². The molecule has 29 heavy (non-hydrogen) atoms. The molecule has 7 heteroatoms. The monoisotopic (exact) mass is 397 g/mol. The first kappa shape index (κ1) is 19.9. The summed E-state index contributed by atoms with van der Waals surface area (Å²) in [6, 6.07) is 5.80. The Morgan fingerprint density at radius 1 is 1.14 bits per heavy atom. The summed E-state index contributed by atoms with van der Waals surface area (Å²) in [6.45, 7) is 4.60. The minimum atomic E-state index is 0.0847. The highest BCUT2D eigenvalue weighted by Crippen LogP contribution is 2.24. The molecule has 1 amide bonds. The van der Waals surface area contributed by atoms with Crippen LogP contribution >= 0.6 is 0 Å². The fraction of sp³-hybridized carbons (Fsp3) is 0.591. The smallest absolute Gasteiger partial charge is 0.255 e. The lowest BCUT2D eigenvalue weighted by molar-refractivity contribution is 0.0684. The minimum Gasteiger partial charge on any atom is -0.396 e. The van der Waals surface area contributed by atoms with Gasteiger partial charge in [-0.15, -0.1) is 0 Å². The molecule has 2 aromatic rings. The van der Waals surface area contributed by atoms with Crippen LogP contribution in [0.4, 0.5) is 5.82 Å². The number of amides is 1. The molecule has 7 nitrogen and oxygen atoms in total. The zero-order chi connectivity index (χ0) is 20.1. The van der Waals surface area contributed by atoms with Crippen LogP contribution in [0.2, 0.25) is 0 Å². The molecule has 156 valence electrons. The Morgan fingerprint density at radius 3 is 2.69 bits per heavy atom. The number of aryl methyl sites for hydroxylation is 1. The standard InChI is InChI=1S/C22H31N5O2/c28-17-19-3-1-10-26(16-19)21-5-4-20(15-23-21)22(29)25-12-6-18(7-13-25)8-14-27-11-2-9-24-27/h2,4-5,9,11,15,18-19,28H,1,3,6-8,10,12-14,16-17H2/t19-/m0/s1. The number of carbonyl (C=O) groups is 1. The Morgan fingerprint density at radius 2 is 2.00 bits per heavy atom. The summed E-state index contributed by atoms with van der Waals surface area (Å²) in [6.07, 6.45) is 10.9. The van der Waals surface area contributed by atoms with E-state index < -0.39 is 0 Å². The van der Waals surface area contributed by atoms with E-state index in [-0.39, 0.29) is 12.5 Å². The Kier molecular flexibility index (Phi) is 6.44. The Labute approximate surface area is 172 Å². The fourth-order valence-corrected chi connectivity index (χ4v) is 4.48. The summed E-state index contributed by atoms with van der Waals surface area (Å²) >= 11 is 0. The molecule has 2 aromatic heterocycles. The van der Waals surface area contributed by atoms with E-state index in [0.717, 1.165) is 70.6 Å². The number of likely N-dealkylation sites (tertiary alicyclic amines) is 1. The van der Waals surface area contributed by atoms with Crippen molar-refractivity contribution in [3.63, 3.8) is 0 Å². The van der Waals surface area contributed by atoms with Crippen LogP contribution in [0.25, 0.3) is 0 Å². The quantitative estimate of drug-likeness (QED) is 0.810. The summed E-state index contributed by atoms with van der Waals surface area (Å²) in [5.74, 6) is 1.96. The maximum Gasteiger partial charge on any atom is 0.255 e. The van der Waals surface area contributed by atoms with Crippen LogP contribution in [0.3, 0.4) is 0 Å². The van der Waals surface area contributed by atoms with E-state index in [4.69, 9.17) is 0 Å². The molecule has 2 aliphatic rings. The molecule has 0 unspecified atom stereocenters. The molecule has 0 radical (unpaired) electrons. The molecule has 1 N–H and O–H groups in total.